The number of halogens is 1. The van der Waals surface area contributed by atoms with E-state index in [0.29, 0.717) is 22.9 Å². The zero-order chi connectivity index (χ0) is 14.6. The fourth-order valence-electron chi connectivity index (χ4n) is 2.79. The monoisotopic (exact) mass is 282 g/mol. The average Bonchev–Trinajstić information content (AvgIpc) is 3.18. The predicted molar refractivity (Wildman–Crippen MR) is 82.2 cm³/mol. The van der Waals surface area contributed by atoms with Crippen molar-refractivity contribution < 1.29 is 4.39 Å². The number of anilines is 2. The fraction of sp³-hybridized carbons (Fsp3) is 0.188. The predicted octanol–water partition coefficient (Wildman–Crippen LogP) is 3.34. The third kappa shape index (κ3) is 1.93. The van der Waals surface area contributed by atoms with Gasteiger partial charge in [-0.15, -0.1) is 0 Å². The molecule has 0 amide bonds. The van der Waals surface area contributed by atoms with Crippen molar-refractivity contribution in [3.63, 3.8) is 0 Å². The maximum absolute atomic E-state index is 14.0. The van der Waals surface area contributed by atoms with Crippen molar-refractivity contribution in [2.45, 2.75) is 18.9 Å². The summed E-state index contributed by atoms with van der Waals surface area (Å²) in [7, 11) is 0. The van der Waals surface area contributed by atoms with Gasteiger partial charge in [0.1, 0.15) is 11.3 Å². The minimum Gasteiger partial charge on any atom is -0.399 e. The molecule has 1 saturated carbocycles. The molecule has 4 rings (SSSR count). The molecule has 0 aliphatic heterocycles. The number of para-hydroxylation sites is 1. The number of hydrogen-bond acceptors (Lipinski definition) is 3. The van der Waals surface area contributed by atoms with E-state index in [2.05, 4.69) is 9.55 Å². The lowest BCUT2D eigenvalue weighted by Gasteiger charge is -2.09. The minimum atomic E-state index is -0.301. The van der Waals surface area contributed by atoms with Crippen molar-refractivity contribution in [3.05, 3.63) is 42.2 Å². The Morgan fingerprint density at radius 3 is 2.48 bits per heavy atom. The Labute approximate surface area is 121 Å². The van der Waals surface area contributed by atoms with Gasteiger partial charge in [0.2, 0.25) is 0 Å². The van der Waals surface area contributed by atoms with Gasteiger partial charge in [0.15, 0.2) is 5.82 Å². The van der Waals surface area contributed by atoms with Crippen LogP contribution in [0.1, 0.15) is 18.9 Å². The molecule has 0 radical (unpaired) electrons. The first-order valence-electron chi connectivity index (χ1n) is 6.96. The molecule has 1 aromatic heterocycles. The maximum Gasteiger partial charge on any atom is 0.151 e. The van der Waals surface area contributed by atoms with Gasteiger partial charge < -0.3 is 16.0 Å². The van der Waals surface area contributed by atoms with Crippen molar-refractivity contribution in [1.82, 2.24) is 9.55 Å². The molecule has 0 atom stereocenters. The quantitative estimate of drug-likeness (QED) is 0.708. The highest BCUT2D eigenvalue weighted by Gasteiger charge is 2.29. The summed E-state index contributed by atoms with van der Waals surface area (Å²) >= 11 is 0. The highest BCUT2D eigenvalue weighted by Crippen LogP contribution is 2.42. The molecule has 1 aliphatic rings. The van der Waals surface area contributed by atoms with Crippen LogP contribution in [0.25, 0.3) is 22.4 Å². The first-order valence-corrected chi connectivity index (χ1v) is 6.96. The van der Waals surface area contributed by atoms with E-state index in [9.17, 15) is 4.39 Å². The molecule has 2 aromatic carbocycles. The molecule has 1 fully saturated rings. The number of imidazole rings is 1. The van der Waals surface area contributed by atoms with Crippen molar-refractivity contribution in [2.75, 3.05) is 11.5 Å². The first kappa shape index (κ1) is 12.2. The number of hydrogen-bond donors (Lipinski definition) is 2. The van der Waals surface area contributed by atoms with Gasteiger partial charge in [0.05, 0.1) is 5.52 Å². The topological polar surface area (TPSA) is 69.9 Å². The lowest BCUT2D eigenvalue weighted by atomic mass is 10.1. The molecule has 1 heterocycles. The van der Waals surface area contributed by atoms with Crippen molar-refractivity contribution in [2.24, 2.45) is 0 Å². The van der Waals surface area contributed by atoms with Crippen LogP contribution in [0.4, 0.5) is 15.8 Å². The highest BCUT2D eigenvalue weighted by molar-refractivity contribution is 5.82. The second-order valence-electron chi connectivity index (χ2n) is 5.53. The first-order chi connectivity index (χ1) is 10.1. The lowest BCUT2D eigenvalue weighted by Crippen LogP contribution is -1.99. The van der Waals surface area contributed by atoms with Crippen LogP contribution in [0.3, 0.4) is 0 Å². The molecule has 0 bridgehead atoms. The van der Waals surface area contributed by atoms with Gasteiger partial charge in [-0.1, -0.05) is 6.07 Å². The van der Waals surface area contributed by atoms with E-state index < -0.39 is 0 Å². The van der Waals surface area contributed by atoms with Crippen LogP contribution >= 0.6 is 0 Å². The zero-order valence-electron chi connectivity index (χ0n) is 11.4. The third-order valence-corrected chi connectivity index (χ3v) is 3.82. The van der Waals surface area contributed by atoms with Gasteiger partial charge >= 0.3 is 0 Å². The summed E-state index contributed by atoms with van der Waals surface area (Å²) in [6.45, 7) is 0. The third-order valence-electron chi connectivity index (χ3n) is 3.82. The Morgan fingerprint density at radius 1 is 1.10 bits per heavy atom. The molecule has 0 spiro atoms. The molecular formula is C16H15FN4. The molecule has 0 saturated heterocycles. The summed E-state index contributed by atoms with van der Waals surface area (Å²) in [5.41, 5.74) is 15.0. The normalized spacial score (nSPS) is 14.7. The van der Waals surface area contributed by atoms with Crippen LogP contribution < -0.4 is 11.5 Å². The Hall–Kier alpha value is -2.56. The van der Waals surface area contributed by atoms with Gasteiger partial charge in [-0.25, -0.2) is 9.37 Å². The second-order valence-corrected chi connectivity index (χ2v) is 5.53. The number of nitrogens with two attached hydrogens (primary N) is 2. The SMILES string of the molecule is Nc1cc(N)cc(-c2nc3c(F)cccc3n2C2CC2)c1. The average molecular weight is 282 g/mol. The summed E-state index contributed by atoms with van der Waals surface area (Å²) < 4.78 is 16.1. The summed E-state index contributed by atoms with van der Waals surface area (Å²) in [6, 6.07) is 10.8. The van der Waals surface area contributed by atoms with E-state index in [1.165, 1.54) is 6.07 Å². The van der Waals surface area contributed by atoms with Gasteiger partial charge in [0, 0.05) is 23.0 Å². The minimum absolute atomic E-state index is 0.301. The summed E-state index contributed by atoms with van der Waals surface area (Å²) in [6.07, 6.45) is 2.18. The number of nitrogens with zero attached hydrogens (tertiary/aromatic N) is 2. The molecule has 1 aliphatic carbocycles. The molecule has 3 aromatic rings. The number of fused-ring (bicyclic) bond motifs is 1. The lowest BCUT2D eigenvalue weighted by molar-refractivity contribution is 0.637. The molecule has 106 valence electrons. The standard InChI is InChI=1S/C16H15FN4/c17-13-2-1-3-14-15(13)20-16(21(14)12-4-5-12)9-6-10(18)8-11(19)7-9/h1-3,6-8,12H,4-5,18-19H2. The van der Waals surface area contributed by atoms with Gasteiger partial charge in [-0.3, -0.25) is 0 Å². The zero-order valence-corrected chi connectivity index (χ0v) is 11.4. The van der Waals surface area contributed by atoms with E-state index in [4.69, 9.17) is 11.5 Å². The number of benzene rings is 2. The van der Waals surface area contributed by atoms with Crippen molar-refractivity contribution in [1.29, 1.82) is 0 Å². The van der Waals surface area contributed by atoms with E-state index in [-0.39, 0.29) is 5.82 Å². The van der Waals surface area contributed by atoms with Gasteiger partial charge in [-0.05, 0) is 43.2 Å². The smallest absolute Gasteiger partial charge is 0.151 e. The molecule has 21 heavy (non-hydrogen) atoms. The number of nitrogen functional groups attached to an aromatic ring is 2. The van der Waals surface area contributed by atoms with Gasteiger partial charge in [-0.2, -0.15) is 0 Å². The second kappa shape index (κ2) is 4.22. The maximum atomic E-state index is 14.0. The van der Waals surface area contributed by atoms with E-state index >= 15 is 0 Å². The summed E-state index contributed by atoms with van der Waals surface area (Å²) in [5, 5.41) is 0. The van der Waals surface area contributed by atoms with Gasteiger partial charge in [0.25, 0.3) is 0 Å². The van der Waals surface area contributed by atoms with Crippen molar-refractivity contribution in [3.8, 4) is 11.4 Å². The van der Waals surface area contributed by atoms with Crippen LogP contribution in [0.2, 0.25) is 0 Å². The van der Waals surface area contributed by atoms with Crippen LogP contribution in [-0.2, 0) is 0 Å². The molecule has 0 unspecified atom stereocenters. The van der Waals surface area contributed by atoms with Crippen LogP contribution in [-0.4, -0.2) is 9.55 Å². The van der Waals surface area contributed by atoms with E-state index in [1.54, 1.807) is 12.1 Å². The largest absolute Gasteiger partial charge is 0.399 e. The Balaban J connectivity index is 2.03. The van der Waals surface area contributed by atoms with E-state index in [1.807, 2.05) is 18.2 Å². The number of aromatic nitrogens is 2. The highest BCUT2D eigenvalue weighted by atomic mass is 19.1. The van der Waals surface area contributed by atoms with E-state index in [0.717, 1.165) is 29.7 Å². The Kier molecular flexibility index (Phi) is 2.45. The molecule has 4 N–H and O–H groups in total. The van der Waals surface area contributed by atoms with Crippen LogP contribution in [0.15, 0.2) is 36.4 Å². The Morgan fingerprint density at radius 2 is 1.81 bits per heavy atom. The molecule has 5 heteroatoms. The molecular weight excluding hydrogens is 267 g/mol. The van der Waals surface area contributed by atoms with Crippen LogP contribution in [0, 0.1) is 5.82 Å². The summed E-state index contributed by atoms with van der Waals surface area (Å²) in [5.74, 6) is 0.432. The van der Waals surface area contributed by atoms with Crippen LogP contribution in [0.5, 0.6) is 0 Å². The van der Waals surface area contributed by atoms with Crippen molar-refractivity contribution >= 4 is 22.4 Å². The Bertz CT molecular complexity index is 829. The number of rotatable bonds is 2. The molecule has 4 nitrogen and oxygen atoms in total. The fourth-order valence-corrected chi connectivity index (χ4v) is 2.79. The summed E-state index contributed by atoms with van der Waals surface area (Å²) in [4.78, 5) is 4.50.